The molecule has 0 bridgehead atoms. The van der Waals surface area contributed by atoms with Gasteiger partial charge in [0.1, 0.15) is 12.3 Å². The maximum atomic E-state index is 13.8. The zero-order valence-corrected chi connectivity index (χ0v) is 24.8. The second-order valence-corrected chi connectivity index (χ2v) is 11.7. The SMILES string of the molecule is CCOc1ccc(N(CC(=O)NCc2ccc(CN3CCCCC3)cc2)S(=O)(=O)c2ccc(OC)c(OC)c2)cc1. The first-order valence-corrected chi connectivity index (χ1v) is 15.3. The minimum Gasteiger partial charge on any atom is -0.494 e. The number of nitrogens with one attached hydrogen (secondary N) is 1. The van der Waals surface area contributed by atoms with Crippen molar-refractivity contribution in [1.29, 1.82) is 0 Å². The average Bonchev–Trinajstić information content (AvgIpc) is 3.00. The predicted molar refractivity (Wildman–Crippen MR) is 159 cm³/mol. The van der Waals surface area contributed by atoms with Gasteiger partial charge >= 0.3 is 0 Å². The van der Waals surface area contributed by atoms with Crippen molar-refractivity contribution in [3.05, 3.63) is 77.9 Å². The van der Waals surface area contributed by atoms with Crippen molar-refractivity contribution >= 4 is 21.6 Å². The molecule has 0 saturated carbocycles. The number of rotatable bonds is 13. The van der Waals surface area contributed by atoms with Crippen LogP contribution >= 0.6 is 0 Å². The zero-order valence-electron chi connectivity index (χ0n) is 24.0. The van der Waals surface area contributed by atoms with Gasteiger partial charge in [-0.05, 0) is 80.4 Å². The van der Waals surface area contributed by atoms with Crippen molar-refractivity contribution < 1.29 is 27.4 Å². The minimum atomic E-state index is -4.14. The predicted octanol–water partition coefficient (Wildman–Crippen LogP) is 4.60. The summed E-state index contributed by atoms with van der Waals surface area (Å²) in [6.07, 6.45) is 3.81. The summed E-state index contributed by atoms with van der Waals surface area (Å²) in [5, 5.41) is 2.87. The highest BCUT2D eigenvalue weighted by Crippen LogP contribution is 2.32. The van der Waals surface area contributed by atoms with Gasteiger partial charge in [-0.1, -0.05) is 30.7 Å². The third kappa shape index (κ3) is 7.92. The molecule has 0 atom stereocenters. The molecule has 0 spiro atoms. The number of ether oxygens (including phenoxy) is 3. The standard InChI is InChI=1S/C31H39N3O6S/c1-4-40-27-14-12-26(13-15-27)34(41(36,37)28-16-17-29(38-2)30(20-28)39-3)23-31(35)32-21-24-8-10-25(11-9-24)22-33-18-6-5-7-19-33/h8-17,20H,4-7,18-19,21-23H2,1-3H3,(H,32,35). The molecule has 220 valence electrons. The third-order valence-corrected chi connectivity index (χ3v) is 8.80. The van der Waals surface area contributed by atoms with Crippen molar-refractivity contribution in [2.45, 2.75) is 44.2 Å². The second-order valence-electron chi connectivity index (χ2n) is 9.89. The zero-order chi connectivity index (χ0) is 29.2. The van der Waals surface area contributed by atoms with Crippen LogP contribution in [0.1, 0.15) is 37.3 Å². The molecule has 9 nitrogen and oxygen atoms in total. The number of carbonyl (C=O) groups is 1. The van der Waals surface area contributed by atoms with E-state index in [-0.39, 0.29) is 17.2 Å². The van der Waals surface area contributed by atoms with Gasteiger partial charge in [-0.25, -0.2) is 8.42 Å². The molecule has 1 N–H and O–H groups in total. The number of piperidine rings is 1. The smallest absolute Gasteiger partial charge is 0.264 e. The van der Waals surface area contributed by atoms with Crippen LogP contribution in [0, 0.1) is 0 Å². The van der Waals surface area contributed by atoms with Crippen LogP contribution in [0.4, 0.5) is 5.69 Å². The lowest BCUT2D eigenvalue weighted by atomic mass is 10.1. The van der Waals surface area contributed by atoms with Crippen molar-refractivity contribution in [1.82, 2.24) is 10.2 Å². The number of likely N-dealkylation sites (tertiary alicyclic amines) is 1. The summed E-state index contributed by atoms with van der Waals surface area (Å²) in [5.74, 6) is 0.848. The Labute approximate surface area is 243 Å². The highest BCUT2D eigenvalue weighted by atomic mass is 32.2. The van der Waals surface area contributed by atoms with Crippen molar-refractivity contribution in [3.63, 3.8) is 0 Å². The van der Waals surface area contributed by atoms with E-state index in [1.165, 1.54) is 57.2 Å². The van der Waals surface area contributed by atoms with Gasteiger partial charge < -0.3 is 19.5 Å². The Morgan fingerprint density at radius 2 is 1.54 bits per heavy atom. The van der Waals surface area contributed by atoms with E-state index in [9.17, 15) is 13.2 Å². The number of hydrogen-bond acceptors (Lipinski definition) is 7. The van der Waals surface area contributed by atoms with Gasteiger partial charge in [0.15, 0.2) is 11.5 Å². The summed E-state index contributed by atoms with van der Waals surface area (Å²) in [4.78, 5) is 15.5. The Morgan fingerprint density at radius 3 is 2.17 bits per heavy atom. The monoisotopic (exact) mass is 581 g/mol. The van der Waals surface area contributed by atoms with E-state index >= 15 is 0 Å². The third-order valence-electron chi connectivity index (χ3n) is 7.03. The van der Waals surface area contributed by atoms with Crippen LogP contribution in [0.25, 0.3) is 0 Å². The minimum absolute atomic E-state index is 0.0267. The average molecular weight is 582 g/mol. The Morgan fingerprint density at radius 1 is 0.878 bits per heavy atom. The van der Waals surface area contributed by atoms with Crippen LogP contribution < -0.4 is 23.8 Å². The maximum Gasteiger partial charge on any atom is 0.264 e. The molecule has 1 saturated heterocycles. The van der Waals surface area contributed by atoms with E-state index in [4.69, 9.17) is 14.2 Å². The fourth-order valence-corrected chi connectivity index (χ4v) is 6.26. The van der Waals surface area contributed by atoms with E-state index in [0.717, 1.165) is 29.5 Å². The van der Waals surface area contributed by atoms with Crippen LogP contribution in [0.2, 0.25) is 0 Å². The molecular weight excluding hydrogens is 542 g/mol. The first-order valence-electron chi connectivity index (χ1n) is 13.9. The molecular formula is C31H39N3O6S. The Kier molecular flexibility index (Phi) is 10.5. The van der Waals surface area contributed by atoms with E-state index in [1.807, 2.05) is 19.1 Å². The van der Waals surface area contributed by atoms with Crippen LogP contribution in [-0.4, -0.2) is 59.7 Å². The van der Waals surface area contributed by atoms with Gasteiger partial charge in [-0.2, -0.15) is 0 Å². The molecule has 10 heteroatoms. The van der Waals surface area contributed by atoms with E-state index in [1.54, 1.807) is 24.3 Å². The number of methoxy groups -OCH3 is 2. The summed E-state index contributed by atoms with van der Waals surface area (Å²) in [5.41, 5.74) is 2.52. The Balaban J connectivity index is 1.49. The number of benzene rings is 3. The molecule has 1 amide bonds. The van der Waals surface area contributed by atoms with Gasteiger partial charge in [0.25, 0.3) is 10.0 Å². The van der Waals surface area contributed by atoms with Gasteiger partial charge in [0.2, 0.25) is 5.91 Å². The van der Waals surface area contributed by atoms with E-state index in [0.29, 0.717) is 23.8 Å². The number of amides is 1. The van der Waals surface area contributed by atoms with Gasteiger partial charge in [-0.3, -0.25) is 14.0 Å². The van der Waals surface area contributed by atoms with Gasteiger partial charge in [0, 0.05) is 19.2 Å². The lowest BCUT2D eigenvalue weighted by Crippen LogP contribution is -2.40. The summed E-state index contributed by atoms with van der Waals surface area (Å²) in [6, 6.07) is 19.1. The fraction of sp³-hybridized carbons (Fsp3) is 0.387. The van der Waals surface area contributed by atoms with Crippen LogP contribution in [-0.2, 0) is 27.9 Å². The fourth-order valence-electron chi connectivity index (χ4n) is 4.82. The van der Waals surface area contributed by atoms with Crippen LogP contribution in [0.3, 0.4) is 0 Å². The van der Waals surface area contributed by atoms with Gasteiger partial charge in [0.05, 0.1) is 31.4 Å². The molecule has 41 heavy (non-hydrogen) atoms. The van der Waals surface area contributed by atoms with Crippen molar-refractivity contribution in [3.8, 4) is 17.2 Å². The quantitative estimate of drug-likeness (QED) is 0.315. The largest absolute Gasteiger partial charge is 0.494 e. The molecule has 0 radical (unpaired) electrons. The molecule has 0 aromatic heterocycles. The first-order chi connectivity index (χ1) is 19.8. The van der Waals surface area contributed by atoms with Gasteiger partial charge in [-0.15, -0.1) is 0 Å². The molecule has 3 aromatic carbocycles. The van der Waals surface area contributed by atoms with Crippen LogP contribution in [0.5, 0.6) is 17.2 Å². The number of carbonyl (C=O) groups excluding carboxylic acids is 1. The molecule has 0 aliphatic carbocycles. The first kappa shape index (κ1) is 30.2. The summed E-state index contributed by atoms with van der Waals surface area (Å²) in [7, 11) is -1.23. The highest BCUT2D eigenvalue weighted by Gasteiger charge is 2.28. The number of anilines is 1. The molecule has 1 aliphatic rings. The highest BCUT2D eigenvalue weighted by molar-refractivity contribution is 7.92. The van der Waals surface area contributed by atoms with Crippen molar-refractivity contribution in [2.75, 3.05) is 44.8 Å². The second kappa shape index (κ2) is 14.2. The molecule has 0 unspecified atom stereocenters. The normalized spacial score (nSPS) is 13.8. The Bertz CT molecular complexity index is 1390. The van der Waals surface area contributed by atoms with Crippen molar-refractivity contribution in [2.24, 2.45) is 0 Å². The van der Waals surface area contributed by atoms with E-state index < -0.39 is 22.5 Å². The van der Waals surface area contributed by atoms with Crippen LogP contribution in [0.15, 0.2) is 71.6 Å². The summed E-state index contributed by atoms with van der Waals surface area (Å²) in [6.45, 7) is 5.43. The molecule has 1 heterocycles. The Hall–Kier alpha value is -3.76. The lowest BCUT2D eigenvalue weighted by molar-refractivity contribution is -0.119. The number of sulfonamides is 1. The summed E-state index contributed by atoms with van der Waals surface area (Å²) >= 11 is 0. The lowest BCUT2D eigenvalue weighted by Gasteiger charge is -2.26. The molecule has 1 aliphatic heterocycles. The number of nitrogens with zero attached hydrogens (tertiary/aromatic N) is 2. The molecule has 3 aromatic rings. The topological polar surface area (TPSA) is 97.4 Å². The maximum absolute atomic E-state index is 13.8. The summed E-state index contributed by atoms with van der Waals surface area (Å²) < 4.78 is 44.8. The van der Waals surface area contributed by atoms with E-state index in [2.05, 4.69) is 22.3 Å². The molecule has 4 rings (SSSR count). The molecule has 1 fully saturated rings. The number of hydrogen-bond donors (Lipinski definition) is 1.